The molecule has 1 saturated heterocycles. The van der Waals surface area contributed by atoms with Gasteiger partial charge in [-0.15, -0.1) is 0 Å². The van der Waals surface area contributed by atoms with Crippen molar-refractivity contribution in [3.05, 3.63) is 65.7 Å². The van der Waals surface area contributed by atoms with Crippen molar-refractivity contribution in [2.24, 2.45) is 5.92 Å². The van der Waals surface area contributed by atoms with Gasteiger partial charge in [0.25, 0.3) is 0 Å². The summed E-state index contributed by atoms with van der Waals surface area (Å²) >= 11 is 0. The molecule has 1 aliphatic rings. The van der Waals surface area contributed by atoms with Crippen molar-refractivity contribution in [2.75, 3.05) is 13.1 Å². The molecule has 1 aliphatic heterocycles. The van der Waals surface area contributed by atoms with E-state index in [1.807, 2.05) is 17.2 Å². The van der Waals surface area contributed by atoms with Crippen LogP contribution in [0.3, 0.4) is 0 Å². The van der Waals surface area contributed by atoms with E-state index in [0.717, 1.165) is 32.4 Å². The van der Waals surface area contributed by atoms with Crippen molar-refractivity contribution in [3.8, 4) is 0 Å². The van der Waals surface area contributed by atoms with Crippen LogP contribution in [0.5, 0.6) is 0 Å². The van der Waals surface area contributed by atoms with Crippen LogP contribution in [-0.2, 0) is 17.6 Å². The average molecular weight is 312 g/mol. The molecule has 0 unspecified atom stereocenters. The van der Waals surface area contributed by atoms with Gasteiger partial charge in [-0.05, 0) is 48.4 Å². The van der Waals surface area contributed by atoms with Crippen molar-refractivity contribution >= 4 is 5.91 Å². The van der Waals surface area contributed by atoms with Crippen LogP contribution in [-0.4, -0.2) is 28.9 Å². The van der Waals surface area contributed by atoms with E-state index in [-0.39, 0.29) is 18.1 Å². The standard InChI is InChI=1S/C19H21FN2O/c20-18-8-2-1-7-17(18)12-19(23)22-10-4-6-16(14-22)11-15-5-3-9-21-13-15/h1-3,5,7-9,13,16H,4,6,10-12,14H2/t16-/m1/s1. The zero-order chi connectivity index (χ0) is 16.1. The Morgan fingerprint density at radius 3 is 2.91 bits per heavy atom. The second-order valence-corrected chi connectivity index (χ2v) is 6.18. The predicted molar refractivity (Wildman–Crippen MR) is 87.3 cm³/mol. The van der Waals surface area contributed by atoms with Gasteiger partial charge in [0.1, 0.15) is 5.82 Å². The molecule has 2 heterocycles. The number of carbonyl (C=O) groups is 1. The Morgan fingerprint density at radius 1 is 1.26 bits per heavy atom. The Bertz CT molecular complexity index is 659. The number of rotatable bonds is 4. The molecule has 1 atom stereocenters. The van der Waals surface area contributed by atoms with Gasteiger partial charge in [-0.25, -0.2) is 4.39 Å². The van der Waals surface area contributed by atoms with Gasteiger partial charge >= 0.3 is 0 Å². The minimum atomic E-state index is -0.301. The summed E-state index contributed by atoms with van der Waals surface area (Å²) in [5.74, 6) is 0.174. The van der Waals surface area contributed by atoms with Crippen LogP contribution in [0.2, 0.25) is 0 Å². The molecule has 3 rings (SSSR count). The second kappa shape index (κ2) is 7.36. The van der Waals surface area contributed by atoms with Crippen LogP contribution in [0.1, 0.15) is 24.0 Å². The van der Waals surface area contributed by atoms with Gasteiger partial charge in [-0.2, -0.15) is 0 Å². The van der Waals surface area contributed by atoms with Crippen LogP contribution < -0.4 is 0 Å². The monoisotopic (exact) mass is 312 g/mol. The number of pyridine rings is 1. The maximum Gasteiger partial charge on any atom is 0.227 e. The molecule has 0 aliphatic carbocycles. The highest BCUT2D eigenvalue weighted by atomic mass is 19.1. The molecule has 1 amide bonds. The lowest BCUT2D eigenvalue weighted by Crippen LogP contribution is -2.41. The van der Waals surface area contributed by atoms with Gasteiger partial charge in [0, 0.05) is 25.5 Å². The lowest BCUT2D eigenvalue weighted by atomic mass is 9.91. The van der Waals surface area contributed by atoms with Gasteiger partial charge in [-0.3, -0.25) is 9.78 Å². The van der Waals surface area contributed by atoms with Crippen LogP contribution in [0, 0.1) is 11.7 Å². The van der Waals surface area contributed by atoms with Gasteiger partial charge in [0.2, 0.25) is 5.91 Å². The summed E-state index contributed by atoms with van der Waals surface area (Å²) in [7, 11) is 0. The van der Waals surface area contributed by atoms with Gasteiger partial charge in [0.05, 0.1) is 6.42 Å². The van der Waals surface area contributed by atoms with E-state index in [4.69, 9.17) is 0 Å². The van der Waals surface area contributed by atoms with Gasteiger partial charge < -0.3 is 4.90 Å². The van der Waals surface area contributed by atoms with E-state index in [1.54, 1.807) is 24.4 Å². The quantitative estimate of drug-likeness (QED) is 0.868. The average Bonchev–Trinajstić information content (AvgIpc) is 2.58. The smallest absolute Gasteiger partial charge is 0.227 e. The summed E-state index contributed by atoms with van der Waals surface area (Å²) in [4.78, 5) is 18.5. The summed E-state index contributed by atoms with van der Waals surface area (Å²) in [5, 5.41) is 0. The third-order valence-electron chi connectivity index (χ3n) is 4.42. The molecular weight excluding hydrogens is 291 g/mol. The van der Waals surface area contributed by atoms with Crippen molar-refractivity contribution < 1.29 is 9.18 Å². The predicted octanol–water partition coefficient (Wildman–Crippen LogP) is 3.24. The largest absolute Gasteiger partial charge is 0.342 e. The number of halogens is 1. The topological polar surface area (TPSA) is 33.2 Å². The van der Waals surface area contributed by atoms with Crippen LogP contribution in [0.4, 0.5) is 4.39 Å². The molecule has 0 radical (unpaired) electrons. The van der Waals surface area contributed by atoms with Crippen LogP contribution in [0.15, 0.2) is 48.8 Å². The lowest BCUT2D eigenvalue weighted by Gasteiger charge is -2.33. The number of carbonyl (C=O) groups excluding carboxylic acids is 1. The molecule has 3 nitrogen and oxygen atoms in total. The van der Waals surface area contributed by atoms with Crippen molar-refractivity contribution in [3.63, 3.8) is 0 Å². The molecule has 0 N–H and O–H groups in total. The Hall–Kier alpha value is -2.23. The van der Waals surface area contributed by atoms with Crippen LogP contribution >= 0.6 is 0 Å². The molecule has 0 spiro atoms. The Labute approximate surface area is 136 Å². The summed E-state index contributed by atoms with van der Waals surface area (Å²) in [6.07, 6.45) is 6.88. The number of hydrogen-bond donors (Lipinski definition) is 0. The second-order valence-electron chi connectivity index (χ2n) is 6.18. The van der Waals surface area contributed by atoms with Gasteiger partial charge in [0.15, 0.2) is 0 Å². The highest BCUT2D eigenvalue weighted by molar-refractivity contribution is 5.78. The fourth-order valence-corrected chi connectivity index (χ4v) is 3.23. The number of likely N-dealkylation sites (tertiary alicyclic amines) is 1. The number of piperidine rings is 1. The SMILES string of the molecule is O=C(Cc1ccccc1F)N1CCC[C@H](Cc2cccnc2)C1. The number of hydrogen-bond acceptors (Lipinski definition) is 2. The summed E-state index contributed by atoms with van der Waals surface area (Å²) in [5.41, 5.74) is 1.69. The minimum absolute atomic E-state index is 0.0194. The van der Waals surface area contributed by atoms with Crippen molar-refractivity contribution in [1.82, 2.24) is 9.88 Å². The molecule has 1 aromatic heterocycles. The molecule has 1 aromatic carbocycles. The maximum atomic E-state index is 13.7. The van der Waals surface area contributed by atoms with Crippen molar-refractivity contribution in [1.29, 1.82) is 0 Å². The molecule has 120 valence electrons. The number of amides is 1. The lowest BCUT2D eigenvalue weighted by molar-refractivity contribution is -0.132. The molecule has 4 heteroatoms. The van der Waals surface area contributed by atoms with E-state index in [2.05, 4.69) is 11.1 Å². The van der Waals surface area contributed by atoms with E-state index < -0.39 is 0 Å². The molecule has 23 heavy (non-hydrogen) atoms. The maximum absolute atomic E-state index is 13.7. The van der Waals surface area contributed by atoms with Crippen molar-refractivity contribution in [2.45, 2.75) is 25.7 Å². The Kier molecular flexibility index (Phi) is 5.01. The first-order valence-corrected chi connectivity index (χ1v) is 8.12. The molecule has 2 aromatic rings. The normalized spacial score (nSPS) is 18.0. The number of benzene rings is 1. The first-order chi connectivity index (χ1) is 11.2. The fraction of sp³-hybridized carbons (Fsp3) is 0.368. The highest BCUT2D eigenvalue weighted by Gasteiger charge is 2.24. The molecular formula is C19H21FN2O. The number of nitrogens with zero attached hydrogens (tertiary/aromatic N) is 2. The van der Waals surface area contributed by atoms with Gasteiger partial charge in [-0.1, -0.05) is 24.3 Å². The third-order valence-corrected chi connectivity index (χ3v) is 4.42. The highest BCUT2D eigenvalue weighted by Crippen LogP contribution is 2.21. The Balaban J connectivity index is 1.59. The van der Waals surface area contributed by atoms with E-state index in [9.17, 15) is 9.18 Å². The first kappa shape index (κ1) is 15.7. The van der Waals surface area contributed by atoms with Crippen LogP contribution in [0.25, 0.3) is 0 Å². The molecule has 1 fully saturated rings. The van der Waals surface area contributed by atoms with E-state index in [1.165, 1.54) is 11.6 Å². The molecule has 0 bridgehead atoms. The summed E-state index contributed by atoms with van der Waals surface area (Å²) < 4.78 is 13.7. The minimum Gasteiger partial charge on any atom is -0.342 e. The van der Waals surface area contributed by atoms with E-state index >= 15 is 0 Å². The van der Waals surface area contributed by atoms with E-state index in [0.29, 0.717) is 11.5 Å². The summed E-state index contributed by atoms with van der Waals surface area (Å²) in [6, 6.07) is 10.5. The fourth-order valence-electron chi connectivity index (χ4n) is 3.23. The first-order valence-electron chi connectivity index (χ1n) is 8.12. The Morgan fingerprint density at radius 2 is 2.13 bits per heavy atom. The zero-order valence-electron chi connectivity index (χ0n) is 13.1. The zero-order valence-corrected chi connectivity index (χ0v) is 13.1. The molecule has 0 saturated carbocycles. The third kappa shape index (κ3) is 4.15. The number of aromatic nitrogens is 1. The summed E-state index contributed by atoms with van der Waals surface area (Å²) in [6.45, 7) is 1.53.